The van der Waals surface area contributed by atoms with Gasteiger partial charge in [-0.05, 0) is 39.0 Å². The predicted molar refractivity (Wildman–Crippen MR) is 99.2 cm³/mol. The van der Waals surface area contributed by atoms with Crippen LogP contribution in [0.25, 0.3) is 0 Å². The van der Waals surface area contributed by atoms with E-state index in [1.54, 1.807) is 24.8 Å². The zero-order chi connectivity index (χ0) is 19.4. The summed E-state index contributed by atoms with van der Waals surface area (Å²) < 4.78 is 5.00. The van der Waals surface area contributed by atoms with E-state index in [2.05, 4.69) is 15.4 Å². The molecule has 2 aliphatic rings. The monoisotopic (exact) mass is 378 g/mol. The molecule has 2 saturated heterocycles. The van der Waals surface area contributed by atoms with Crippen LogP contribution in [0.4, 0.5) is 0 Å². The van der Waals surface area contributed by atoms with E-state index in [1.165, 1.54) is 0 Å². The van der Waals surface area contributed by atoms with Crippen LogP contribution < -0.4 is 5.32 Å². The van der Waals surface area contributed by atoms with Gasteiger partial charge < -0.3 is 24.7 Å². The van der Waals surface area contributed by atoms with Gasteiger partial charge in [0, 0.05) is 51.8 Å². The molecule has 1 aromatic heterocycles. The maximum absolute atomic E-state index is 12.6. The Kier molecular flexibility index (Phi) is 6.16. The number of likely N-dealkylation sites (tertiary alicyclic amines) is 2. The van der Waals surface area contributed by atoms with Crippen LogP contribution in [-0.2, 0) is 4.79 Å². The van der Waals surface area contributed by atoms with Crippen molar-refractivity contribution in [1.29, 1.82) is 0 Å². The number of carbonyl (C=O) groups excluding carboxylic acids is 2. The molecule has 1 unspecified atom stereocenters. The van der Waals surface area contributed by atoms with Crippen molar-refractivity contribution < 1.29 is 19.2 Å². The van der Waals surface area contributed by atoms with Crippen molar-refractivity contribution >= 4 is 11.8 Å². The van der Waals surface area contributed by atoms with Crippen LogP contribution in [0.1, 0.15) is 55.3 Å². The first-order valence-electron chi connectivity index (χ1n) is 9.79. The normalized spacial score (nSPS) is 25.2. The van der Waals surface area contributed by atoms with Crippen LogP contribution in [0, 0.1) is 6.92 Å². The van der Waals surface area contributed by atoms with Crippen LogP contribution in [0.3, 0.4) is 0 Å². The fraction of sp³-hybridized carbons (Fsp3) is 0.737. The molecule has 2 amide bonds. The molecule has 1 atom stereocenters. The molecule has 3 heterocycles. The number of amides is 2. The number of rotatable bonds is 4. The Labute approximate surface area is 159 Å². The summed E-state index contributed by atoms with van der Waals surface area (Å²) in [6.45, 7) is 6.81. The van der Waals surface area contributed by atoms with Gasteiger partial charge in [-0.25, -0.2) is 0 Å². The average molecular weight is 378 g/mol. The molecular weight excluding hydrogens is 348 g/mol. The molecule has 0 radical (unpaired) electrons. The Morgan fingerprint density at radius 1 is 1.30 bits per heavy atom. The van der Waals surface area contributed by atoms with E-state index in [-0.39, 0.29) is 17.9 Å². The van der Waals surface area contributed by atoms with E-state index in [9.17, 15) is 14.7 Å². The van der Waals surface area contributed by atoms with Gasteiger partial charge in [-0.1, -0.05) is 5.16 Å². The van der Waals surface area contributed by atoms with E-state index in [1.807, 2.05) is 0 Å². The van der Waals surface area contributed by atoms with Crippen molar-refractivity contribution in [3.8, 4) is 0 Å². The van der Waals surface area contributed by atoms with Gasteiger partial charge in [-0.3, -0.25) is 9.59 Å². The average Bonchev–Trinajstić information content (AvgIpc) is 2.95. The van der Waals surface area contributed by atoms with E-state index >= 15 is 0 Å². The van der Waals surface area contributed by atoms with Gasteiger partial charge in [0.05, 0.1) is 5.60 Å². The molecule has 2 aliphatic heterocycles. The van der Waals surface area contributed by atoms with Crippen molar-refractivity contribution in [3.63, 3.8) is 0 Å². The van der Waals surface area contributed by atoms with Crippen LogP contribution in [0.2, 0.25) is 0 Å². The second-order valence-electron chi connectivity index (χ2n) is 7.94. The summed E-state index contributed by atoms with van der Waals surface area (Å²) in [6.07, 6.45) is 3.82. The fourth-order valence-corrected chi connectivity index (χ4v) is 4.11. The SMILES string of the molecule is CC(=O)NC1CCN(CC2(O)CCCN(C(=O)c3cc(C)on3)CC2)CC1. The second kappa shape index (κ2) is 8.39. The predicted octanol–water partition coefficient (Wildman–Crippen LogP) is 0.941. The first kappa shape index (κ1) is 19.8. The topological polar surface area (TPSA) is 98.9 Å². The Hall–Kier alpha value is -1.93. The third kappa shape index (κ3) is 5.29. The van der Waals surface area contributed by atoms with Gasteiger partial charge in [0.2, 0.25) is 5.91 Å². The van der Waals surface area contributed by atoms with Crippen molar-refractivity contribution in [2.24, 2.45) is 0 Å². The first-order valence-corrected chi connectivity index (χ1v) is 9.79. The molecule has 27 heavy (non-hydrogen) atoms. The van der Waals surface area contributed by atoms with E-state index < -0.39 is 5.60 Å². The van der Waals surface area contributed by atoms with Crippen molar-refractivity contribution in [1.82, 2.24) is 20.3 Å². The summed E-state index contributed by atoms with van der Waals surface area (Å²) in [7, 11) is 0. The Morgan fingerprint density at radius 3 is 2.67 bits per heavy atom. The van der Waals surface area contributed by atoms with Crippen LogP contribution in [0.15, 0.2) is 10.6 Å². The maximum atomic E-state index is 12.6. The number of hydrogen-bond acceptors (Lipinski definition) is 6. The molecule has 8 nitrogen and oxygen atoms in total. The molecule has 2 N–H and O–H groups in total. The standard InChI is InChI=1S/C19H30N4O4/c1-14-12-17(21-27-14)18(25)23-8-3-6-19(26,7-11-23)13-22-9-4-16(5-10-22)20-15(2)24/h12,16,26H,3-11,13H2,1-2H3,(H,20,24). The van der Waals surface area contributed by atoms with E-state index in [0.29, 0.717) is 43.9 Å². The van der Waals surface area contributed by atoms with Crippen LogP contribution in [-0.4, -0.2) is 76.2 Å². The lowest BCUT2D eigenvalue weighted by atomic mass is 9.93. The zero-order valence-corrected chi connectivity index (χ0v) is 16.2. The number of aliphatic hydroxyl groups is 1. The lowest BCUT2D eigenvalue weighted by Crippen LogP contribution is -2.50. The molecule has 0 aliphatic carbocycles. The first-order chi connectivity index (χ1) is 12.8. The molecule has 0 saturated carbocycles. The summed E-state index contributed by atoms with van der Waals surface area (Å²) in [5.74, 6) is 0.502. The van der Waals surface area contributed by atoms with E-state index in [4.69, 9.17) is 4.52 Å². The molecule has 2 fully saturated rings. The van der Waals surface area contributed by atoms with Crippen molar-refractivity contribution in [2.45, 2.75) is 57.6 Å². The minimum Gasteiger partial charge on any atom is -0.388 e. The third-order valence-corrected chi connectivity index (χ3v) is 5.56. The quantitative estimate of drug-likeness (QED) is 0.809. The number of carbonyl (C=O) groups is 2. The number of hydrogen-bond donors (Lipinski definition) is 2. The van der Waals surface area contributed by atoms with Crippen molar-refractivity contribution in [3.05, 3.63) is 17.5 Å². The highest BCUT2D eigenvalue weighted by Crippen LogP contribution is 2.26. The molecule has 150 valence electrons. The number of piperidine rings is 1. The fourth-order valence-electron chi connectivity index (χ4n) is 4.11. The highest BCUT2D eigenvalue weighted by Gasteiger charge is 2.35. The van der Waals surface area contributed by atoms with Gasteiger partial charge in [0.25, 0.3) is 5.91 Å². The van der Waals surface area contributed by atoms with Gasteiger partial charge in [-0.15, -0.1) is 0 Å². The Balaban J connectivity index is 1.51. The number of aromatic nitrogens is 1. The molecule has 0 spiro atoms. The Bertz CT molecular complexity index is 668. The minimum atomic E-state index is -0.782. The maximum Gasteiger partial charge on any atom is 0.276 e. The molecule has 0 aromatic carbocycles. The molecule has 1 aromatic rings. The van der Waals surface area contributed by atoms with Crippen LogP contribution in [0.5, 0.6) is 0 Å². The van der Waals surface area contributed by atoms with E-state index in [0.717, 1.165) is 32.4 Å². The van der Waals surface area contributed by atoms with Gasteiger partial charge in [0.15, 0.2) is 5.69 Å². The summed E-state index contributed by atoms with van der Waals surface area (Å²) in [6, 6.07) is 1.89. The van der Waals surface area contributed by atoms with Gasteiger partial charge >= 0.3 is 0 Å². The van der Waals surface area contributed by atoms with Crippen LogP contribution >= 0.6 is 0 Å². The second-order valence-corrected chi connectivity index (χ2v) is 7.94. The van der Waals surface area contributed by atoms with Gasteiger partial charge in [0.1, 0.15) is 5.76 Å². The number of nitrogens with one attached hydrogen (secondary N) is 1. The largest absolute Gasteiger partial charge is 0.388 e. The van der Waals surface area contributed by atoms with Gasteiger partial charge in [-0.2, -0.15) is 0 Å². The highest BCUT2D eigenvalue weighted by molar-refractivity contribution is 5.92. The number of β-amino-alcohol motifs (C(OH)–C–C–N with tert-alkyl or cyclic N) is 1. The summed E-state index contributed by atoms with van der Waals surface area (Å²) in [5, 5.41) is 17.9. The minimum absolute atomic E-state index is 0.0166. The molecule has 0 bridgehead atoms. The molecule has 3 rings (SSSR count). The summed E-state index contributed by atoms with van der Waals surface area (Å²) in [5.41, 5.74) is -0.451. The Morgan fingerprint density at radius 2 is 2.04 bits per heavy atom. The molecular formula is C19H30N4O4. The van der Waals surface area contributed by atoms with Crippen molar-refractivity contribution in [2.75, 3.05) is 32.7 Å². The zero-order valence-electron chi connectivity index (χ0n) is 16.2. The highest BCUT2D eigenvalue weighted by atomic mass is 16.5. The smallest absolute Gasteiger partial charge is 0.276 e. The third-order valence-electron chi connectivity index (χ3n) is 5.56. The number of nitrogens with zero attached hydrogens (tertiary/aromatic N) is 3. The molecule has 8 heteroatoms. The number of aryl methyl sites for hydroxylation is 1. The summed E-state index contributed by atoms with van der Waals surface area (Å²) in [4.78, 5) is 27.8. The lowest BCUT2D eigenvalue weighted by molar-refractivity contribution is -0.120. The summed E-state index contributed by atoms with van der Waals surface area (Å²) >= 11 is 0. The lowest BCUT2D eigenvalue weighted by Gasteiger charge is -2.38.